The maximum absolute atomic E-state index is 12.0. The van der Waals surface area contributed by atoms with Gasteiger partial charge < -0.3 is 5.11 Å². The molecular formula is C17H18N2O2. The Morgan fingerprint density at radius 2 is 1.81 bits per heavy atom. The third-order valence-corrected chi connectivity index (χ3v) is 2.99. The van der Waals surface area contributed by atoms with Crippen LogP contribution in [-0.4, -0.2) is 16.7 Å². The minimum absolute atomic E-state index is 0.0588. The topological polar surface area (TPSA) is 61.7 Å². The van der Waals surface area contributed by atoms with Gasteiger partial charge in [-0.1, -0.05) is 49.7 Å². The summed E-state index contributed by atoms with van der Waals surface area (Å²) in [6.07, 6.45) is 1.72. The molecule has 108 valence electrons. The van der Waals surface area contributed by atoms with Crippen molar-refractivity contribution in [2.75, 3.05) is 0 Å². The van der Waals surface area contributed by atoms with Gasteiger partial charge in [-0.05, 0) is 30.2 Å². The summed E-state index contributed by atoms with van der Waals surface area (Å²) in [7, 11) is 0. The quantitative estimate of drug-likeness (QED) is 0.652. The number of rotatable bonds is 5. The normalized spacial score (nSPS) is 11.2. The van der Waals surface area contributed by atoms with Gasteiger partial charge in [-0.2, -0.15) is 5.10 Å². The SMILES string of the molecule is CCC/C(=N/NC(=O)c1cccc(O)c1)c1ccccc1. The van der Waals surface area contributed by atoms with Gasteiger partial charge in [-0.3, -0.25) is 4.79 Å². The van der Waals surface area contributed by atoms with E-state index in [0.717, 1.165) is 24.1 Å². The zero-order valence-corrected chi connectivity index (χ0v) is 11.9. The Balaban J connectivity index is 2.15. The lowest BCUT2D eigenvalue weighted by molar-refractivity contribution is 0.0954. The molecule has 0 saturated carbocycles. The van der Waals surface area contributed by atoms with Gasteiger partial charge in [0.1, 0.15) is 5.75 Å². The molecule has 0 heterocycles. The molecule has 0 radical (unpaired) electrons. The van der Waals surface area contributed by atoms with Crippen LogP contribution in [0.5, 0.6) is 5.75 Å². The van der Waals surface area contributed by atoms with E-state index >= 15 is 0 Å². The fourth-order valence-electron chi connectivity index (χ4n) is 1.96. The highest BCUT2D eigenvalue weighted by atomic mass is 16.3. The molecule has 0 unspecified atom stereocenters. The molecule has 2 N–H and O–H groups in total. The number of nitrogens with zero attached hydrogens (tertiary/aromatic N) is 1. The van der Waals surface area contributed by atoms with Crippen LogP contribution < -0.4 is 5.43 Å². The summed E-state index contributed by atoms with van der Waals surface area (Å²) in [5.74, 6) is -0.279. The molecule has 0 fully saturated rings. The largest absolute Gasteiger partial charge is 0.508 e. The Kier molecular flexibility index (Phi) is 5.10. The molecule has 0 aromatic heterocycles. The first kappa shape index (κ1) is 14.8. The van der Waals surface area contributed by atoms with Gasteiger partial charge in [0.05, 0.1) is 5.71 Å². The van der Waals surface area contributed by atoms with E-state index < -0.39 is 0 Å². The molecule has 0 atom stereocenters. The highest BCUT2D eigenvalue weighted by Crippen LogP contribution is 2.11. The van der Waals surface area contributed by atoms with Crippen molar-refractivity contribution in [3.63, 3.8) is 0 Å². The standard InChI is InChI=1S/C17H18N2O2/c1-2-7-16(13-8-4-3-5-9-13)18-19-17(21)14-10-6-11-15(20)12-14/h3-6,8-12,20H,2,7H2,1H3,(H,19,21)/b18-16-. The van der Waals surface area contributed by atoms with Crippen LogP contribution in [0.1, 0.15) is 35.7 Å². The lowest BCUT2D eigenvalue weighted by Crippen LogP contribution is -2.20. The van der Waals surface area contributed by atoms with Crippen LogP contribution in [-0.2, 0) is 0 Å². The molecule has 0 spiro atoms. The van der Waals surface area contributed by atoms with Gasteiger partial charge in [-0.15, -0.1) is 0 Å². The Labute approximate surface area is 124 Å². The summed E-state index contributed by atoms with van der Waals surface area (Å²) >= 11 is 0. The van der Waals surface area contributed by atoms with Crippen molar-refractivity contribution < 1.29 is 9.90 Å². The lowest BCUT2D eigenvalue weighted by Gasteiger charge is -2.06. The average molecular weight is 282 g/mol. The molecule has 0 saturated heterocycles. The first-order chi connectivity index (χ1) is 10.2. The maximum Gasteiger partial charge on any atom is 0.271 e. The molecule has 1 amide bonds. The van der Waals surface area contributed by atoms with Crippen molar-refractivity contribution in [3.8, 4) is 5.75 Å². The Morgan fingerprint density at radius 1 is 1.10 bits per heavy atom. The minimum atomic E-state index is -0.338. The van der Waals surface area contributed by atoms with Crippen LogP contribution >= 0.6 is 0 Å². The van der Waals surface area contributed by atoms with Gasteiger partial charge in [-0.25, -0.2) is 5.43 Å². The molecule has 0 aliphatic carbocycles. The smallest absolute Gasteiger partial charge is 0.271 e. The Hall–Kier alpha value is -2.62. The van der Waals surface area contributed by atoms with E-state index in [1.54, 1.807) is 12.1 Å². The van der Waals surface area contributed by atoms with E-state index in [1.807, 2.05) is 30.3 Å². The van der Waals surface area contributed by atoms with Gasteiger partial charge in [0, 0.05) is 5.56 Å². The monoisotopic (exact) mass is 282 g/mol. The summed E-state index contributed by atoms with van der Waals surface area (Å²) < 4.78 is 0. The Morgan fingerprint density at radius 3 is 2.48 bits per heavy atom. The number of carbonyl (C=O) groups excluding carboxylic acids is 1. The summed E-state index contributed by atoms with van der Waals surface area (Å²) in [4.78, 5) is 12.0. The second kappa shape index (κ2) is 7.24. The molecule has 2 rings (SSSR count). The van der Waals surface area contributed by atoms with E-state index in [-0.39, 0.29) is 11.7 Å². The lowest BCUT2D eigenvalue weighted by atomic mass is 10.1. The number of hydrogen-bond acceptors (Lipinski definition) is 3. The number of hydrazone groups is 1. The zero-order valence-electron chi connectivity index (χ0n) is 11.9. The van der Waals surface area contributed by atoms with Crippen LogP contribution in [0.4, 0.5) is 0 Å². The number of aromatic hydroxyl groups is 1. The summed E-state index contributed by atoms with van der Waals surface area (Å²) in [6, 6.07) is 15.9. The predicted octanol–water partition coefficient (Wildman–Crippen LogP) is 3.33. The Bertz CT molecular complexity index is 636. The van der Waals surface area contributed by atoms with Crippen molar-refractivity contribution in [1.82, 2.24) is 5.43 Å². The number of nitrogens with one attached hydrogen (secondary N) is 1. The third kappa shape index (κ3) is 4.18. The fraction of sp³-hybridized carbons (Fsp3) is 0.176. The van der Waals surface area contributed by atoms with Crippen LogP contribution in [0.2, 0.25) is 0 Å². The zero-order chi connectivity index (χ0) is 15.1. The van der Waals surface area contributed by atoms with Gasteiger partial charge in [0.15, 0.2) is 0 Å². The van der Waals surface area contributed by atoms with Crippen LogP contribution in [0.15, 0.2) is 59.7 Å². The molecule has 21 heavy (non-hydrogen) atoms. The first-order valence-corrected chi connectivity index (χ1v) is 6.92. The van der Waals surface area contributed by atoms with Gasteiger partial charge >= 0.3 is 0 Å². The summed E-state index contributed by atoms with van der Waals surface area (Å²) in [5, 5.41) is 13.6. The predicted molar refractivity (Wildman–Crippen MR) is 83.5 cm³/mol. The van der Waals surface area contributed by atoms with Crippen molar-refractivity contribution in [2.24, 2.45) is 5.10 Å². The number of benzene rings is 2. The number of carbonyl (C=O) groups is 1. The highest BCUT2D eigenvalue weighted by molar-refractivity contribution is 6.02. The van der Waals surface area contributed by atoms with Crippen LogP contribution in [0.3, 0.4) is 0 Å². The third-order valence-electron chi connectivity index (χ3n) is 2.99. The number of phenolic OH excluding ortho intramolecular Hbond substituents is 1. The van der Waals surface area contributed by atoms with Gasteiger partial charge in [0.2, 0.25) is 0 Å². The molecule has 0 aliphatic rings. The van der Waals surface area contributed by atoms with Crippen molar-refractivity contribution in [3.05, 3.63) is 65.7 Å². The van der Waals surface area contributed by atoms with Crippen LogP contribution in [0.25, 0.3) is 0 Å². The minimum Gasteiger partial charge on any atom is -0.508 e. The molecule has 4 heteroatoms. The first-order valence-electron chi connectivity index (χ1n) is 6.92. The molecular weight excluding hydrogens is 264 g/mol. The number of amides is 1. The second-order valence-corrected chi connectivity index (χ2v) is 4.67. The molecule has 2 aromatic rings. The van der Waals surface area contributed by atoms with Crippen LogP contribution in [0, 0.1) is 0 Å². The summed E-state index contributed by atoms with van der Waals surface area (Å²) in [6.45, 7) is 2.06. The second-order valence-electron chi connectivity index (χ2n) is 4.67. The number of hydrogen-bond donors (Lipinski definition) is 2. The van der Waals surface area contributed by atoms with Crippen molar-refractivity contribution in [1.29, 1.82) is 0 Å². The van der Waals surface area contributed by atoms with E-state index in [1.165, 1.54) is 12.1 Å². The summed E-state index contributed by atoms with van der Waals surface area (Å²) in [5.41, 5.74) is 4.76. The van der Waals surface area contributed by atoms with Gasteiger partial charge in [0.25, 0.3) is 5.91 Å². The fourth-order valence-corrected chi connectivity index (χ4v) is 1.96. The molecule has 0 aliphatic heterocycles. The van der Waals surface area contributed by atoms with Crippen molar-refractivity contribution in [2.45, 2.75) is 19.8 Å². The van der Waals surface area contributed by atoms with E-state index in [2.05, 4.69) is 17.5 Å². The van der Waals surface area contributed by atoms with E-state index in [4.69, 9.17) is 0 Å². The number of phenols is 1. The highest BCUT2D eigenvalue weighted by Gasteiger charge is 2.07. The van der Waals surface area contributed by atoms with E-state index in [9.17, 15) is 9.90 Å². The molecule has 2 aromatic carbocycles. The van der Waals surface area contributed by atoms with Crippen molar-refractivity contribution >= 4 is 11.6 Å². The van der Waals surface area contributed by atoms with E-state index in [0.29, 0.717) is 5.56 Å². The molecule has 0 bridgehead atoms. The average Bonchev–Trinajstić information content (AvgIpc) is 2.52. The molecule has 4 nitrogen and oxygen atoms in total. The maximum atomic E-state index is 12.0.